The molecule has 2 N–H and O–H groups in total. The number of thiazole rings is 1. The monoisotopic (exact) mass is 453 g/mol. The lowest BCUT2D eigenvalue weighted by Gasteiger charge is -2.49. The molecular weight excluding hydrogens is 438 g/mol. The molecule has 146 valence electrons. The molecule has 0 bridgehead atoms. The molecule has 0 spiro atoms. The van der Waals surface area contributed by atoms with Gasteiger partial charge in [-0.05, 0) is 17.7 Å². The number of amides is 2. The minimum absolute atomic E-state index is 0.00573. The van der Waals surface area contributed by atoms with Gasteiger partial charge in [0.25, 0.3) is 5.91 Å². The third-order valence-corrected chi connectivity index (χ3v) is 8.57. The zero-order valence-electron chi connectivity index (χ0n) is 14.6. The maximum Gasteiger partial charge on any atom is 0.353 e. The molecule has 0 saturated carbocycles. The van der Waals surface area contributed by atoms with Crippen molar-refractivity contribution in [2.24, 2.45) is 0 Å². The number of thioether (sulfide) groups is 2. The number of nitrogens with one attached hydrogen (secondary N) is 1. The van der Waals surface area contributed by atoms with Crippen molar-refractivity contribution in [3.63, 3.8) is 0 Å². The van der Waals surface area contributed by atoms with E-state index in [9.17, 15) is 19.5 Å². The first-order chi connectivity index (χ1) is 13.5. The molecule has 2 atom stereocenters. The van der Waals surface area contributed by atoms with Crippen molar-refractivity contribution < 1.29 is 19.5 Å². The number of carboxylic acid groups (broad SMARTS) is 1. The Kier molecular flexibility index (Phi) is 5.50. The first-order valence-corrected chi connectivity index (χ1v) is 12.2. The van der Waals surface area contributed by atoms with E-state index in [0.717, 1.165) is 14.1 Å². The van der Waals surface area contributed by atoms with E-state index in [-0.39, 0.29) is 23.9 Å². The maximum atomic E-state index is 12.7. The lowest BCUT2D eigenvalue weighted by atomic mass is 10.0. The highest BCUT2D eigenvalue weighted by atomic mass is 32.2. The van der Waals surface area contributed by atoms with Crippen LogP contribution in [-0.2, 0) is 20.8 Å². The Morgan fingerprint density at radius 1 is 1.46 bits per heavy atom. The van der Waals surface area contributed by atoms with Crippen LogP contribution in [0.25, 0.3) is 5.57 Å². The van der Waals surface area contributed by atoms with Gasteiger partial charge in [-0.2, -0.15) is 0 Å². The predicted octanol–water partition coefficient (Wildman–Crippen LogP) is 2.36. The Labute approximate surface area is 177 Å². The molecule has 2 aliphatic heterocycles. The van der Waals surface area contributed by atoms with Gasteiger partial charge in [0.1, 0.15) is 21.5 Å². The molecular formula is C17H15N3O4S4. The number of aromatic nitrogens is 1. The largest absolute Gasteiger partial charge is 0.477 e. The van der Waals surface area contributed by atoms with Crippen LogP contribution in [0, 0.1) is 0 Å². The van der Waals surface area contributed by atoms with E-state index in [1.165, 1.54) is 51.1 Å². The first-order valence-electron chi connectivity index (χ1n) is 8.22. The molecule has 7 nitrogen and oxygen atoms in total. The number of thiophene rings is 1. The van der Waals surface area contributed by atoms with Gasteiger partial charge in [-0.1, -0.05) is 17.8 Å². The topological polar surface area (TPSA) is 99.6 Å². The summed E-state index contributed by atoms with van der Waals surface area (Å²) in [6.07, 6.45) is 3.77. The van der Waals surface area contributed by atoms with Gasteiger partial charge in [0.05, 0.1) is 11.3 Å². The third-order valence-electron chi connectivity index (χ3n) is 4.36. The second-order valence-corrected chi connectivity index (χ2v) is 10.3. The lowest BCUT2D eigenvalue weighted by molar-refractivity contribution is -0.150. The van der Waals surface area contributed by atoms with Crippen LogP contribution in [0.3, 0.4) is 0 Å². The minimum Gasteiger partial charge on any atom is -0.477 e. The van der Waals surface area contributed by atoms with Crippen LogP contribution in [0.4, 0.5) is 0 Å². The average molecular weight is 454 g/mol. The van der Waals surface area contributed by atoms with Gasteiger partial charge in [-0.15, -0.1) is 34.4 Å². The van der Waals surface area contributed by atoms with Crippen LogP contribution < -0.4 is 5.32 Å². The summed E-state index contributed by atoms with van der Waals surface area (Å²) < 4.78 is 0.841. The van der Waals surface area contributed by atoms with Crippen LogP contribution in [0.2, 0.25) is 0 Å². The SMILES string of the molecule is CSc1ncc(C2=C(C(=O)O)N3C(=O)C(NC(=O)Cc4cccs4)C3SC2)s1. The normalized spacial score (nSPS) is 21.3. The summed E-state index contributed by atoms with van der Waals surface area (Å²) in [5, 5.41) is 14.0. The van der Waals surface area contributed by atoms with Crippen molar-refractivity contribution >= 4 is 69.6 Å². The molecule has 0 aliphatic carbocycles. The van der Waals surface area contributed by atoms with Gasteiger partial charge < -0.3 is 10.4 Å². The Balaban J connectivity index is 1.53. The third kappa shape index (κ3) is 3.47. The Morgan fingerprint density at radius 3 is 2.93 bits per heavy atom. The zero-order valence-corrected chi connectivity index (χ0v) is 17.8. The first kappa shape index (κ1) is 19.5. The number of hydrogen-bond donors (Lipinski definition) is 2. The van der Waals surface area contributed by atoms with Crippen molar-refractivity contribution in [3.8, 4) is 0 Å². The van der Waals surface area contributed by atoms with Crippen molar-refractivity contribution in [1.29, 1.82) is 0 Å². The Hall–Kier alpha value is -1.82. The highest BCUT2D eigenvalue weighted by molar-refractivity contribution is 8.00. The number of hydrogen-bond acceptors (Lipinski definition) is 8. The van der Waals surface area contributed by atoms with Crippen LogP contribution in [0.15, 0.2) is 33.7 Å². The molecule has 2 aromatic heterocycles. The molecule has 1 saturated heterocycles. The fraction of sp³-hybridized carbons (Fsp3) is 0.294. The summed E-state index contributed by atoms with van der Waals surface area (Å²) in [6.45, 7) is 0. The van der Waals surface area contributed by atoms with Crippen molar-refractivity contribution in [3.05, 3.63) is 39.2 Å². The second kappa shape index (κ2) is 7.90. The van der Waals surface area contributed by atoms with E-state index in [1.807, 2.05) is 23.8 Å². The van der Waals surface area contributed by atoms with E-state index < -0.39 is 17.4 Å². The van der Waals surface area contributed by atoms with Crippen molar-refractivity contribution in [1.82, 2.24) is 15.2 Å². The molecule has 11 heteroatoms. The van der Waals surface area contributed by atoms with E-state index in [1.54, 1.807) is 6.20 Å². The number of nitrogens with zero attached hydrogens (tertiary/aromatic N) is 2. The fourth-order valence-corrected chi connectivity index (χ4v) is 6.71. The van der Waals surface area contributed by atoms with Gasteiger partial charge in [0.15, 0.2) is 0 Å². The van der Waals surface area contributed by atoms with E-state index in [4.69, 9.17) is 0 Å². The molecule has 2 amide bonds. The van der Waals surface area contributed by atoms with Crippen LogP contribution in [0.1, 0.15) is 9.75 Å². The van der Waals surface area contributed by atoms with E-state index in [0.29, 0.717) is 11.3 Å². The van der Waals surface area contributed by atoms with Crippen LogP contribution >= 0.6 is 46.2 Å². The summed E-state index contributed by atoms with van der Waals surface area (Å²) in [5.74, 6) is -1.32. The number of fused-ring (bicyclic) bond motifs is 1. The molecule has 1 fully saturated rings. The van der Waals surface area contributed by atoms with Crippen LogP contribution in [-0.4, -0.2) is 56.2 Å². The van der Waals surface area contributed by atoms with Crippen molar-refractivity contribution in [2.45, 2.75) is 22.2 Å². The standard InChI is InChI=1S/C17H15N3O4S4/c1-25-17-18-6-10(28-17)9-7-27-15-12(14(22)20(15)13(9)16(23)24)19-11(21)5-8-3-2-4-26-8/h2-4,6,12,15H,5,7H2,1H3,(H,19,21)(H,23,24). The number of aliphatic carboxylic acids is 1. The number of carbonyl (C=O) groups excluding carboxylic acids is 2. The van der Waals surface area contributed by atoms with Gasteiger partial charge in [-0.25, -0.2) is 9.78 Å². The Bertz CT molecular complexity index is 969. The Morgan fingerprint density at radius 2 is 2.29 bits per heavy atom. The van der Waals surface area contributed by atoms with Crippen molar-refractivity contribution in [2.75, 3.05) is 12.0 Å². The average Bonchev–Trinajstić information content (AvgIpc) is 3.36. The molecule has 2 unspecified atom stereocenters. The molecule has 0 aromatic carbocycles. The highest BCUT2D eigenvalue weighted by Crippen LogP contribution is 2.44. The predicted molar refractivity (Wildman–Crippen MR) is 111 cm³/mol. The number of carboxylic acids is 1. The summed E-state index contributed by atoms with van der Waals surface area (Å²) in [4.78, 5) is 44.1. The molecule has 2 aliphatic rings. The number of β-lactam (4-membered cyclic amide) rings is 1. The highest BCUT2D eigenvalue weighted by Gasteiger charge is 2.54. The second-order valence-electron chi connectivity index (χ2n) is 6.04. The van der Waals surface area contributed by atoms with Gasteiger partial charge in [0.2, 0.25) is 5.91 Å². The minimum atomic E-state index is -1.14. The van der Waals surface area contributed by atoms with E-state index >= 15 is 0 Å². The lowest BCUT2D eigenvalue weighted by Crippen LogP contribution is -2.70. The van der Waals surface area contributed by atoms with Gasteiger partial charge in [0, 0.05) is 22.4 Å². The van der Waals surface area contributed by atoms with Crippen LogP contribution in [0.5, 0.6) is 0 Å². The smallest absolute Gasteiger partial charge is 0.353 e. The summed E-state index contributed by atoms with van der Waals surface area (Å²) in [6, 6.07) is 3.04. The number of rotatable bonds is 6. The summed E-state index contributed by atoms with van der Waals surface area (Å²) >= 11 is 5.84. The molecule has 28 heavy (non-hydrogen) atoms. The fourth-order valence-electron chi connectivity index (χ4n) is 3.10. The van der Waals surface area contributed by atoms with E-state index in [2.05, 4.69) is 10.3 Å². The molecule has 4 heterocycles. The maximum absolute atomic E-state index is 12.7. The molecule has 4 rings (SSSR count). The van der Waals surface area contributed by atoms with Gasteiger partial charge in [-0.3, -0.25) is 14.5 Å². The molecule has 2 aromatic rings. The van der Waals surface area contributed by atoms with Gasteiger partial charge >= 0.3 is 5.97 Å². The number of carbonyl (C=O) groups is 3. The quantitative estimate of drug-likeness (QED) is 0.512. The zero-order chi connectivity index (χ0) is 19.8. The summed E-state index contributed by atoms with van der Waals surface area (Å²) in [7, 11) is 0. The molecule has 0 radical (unpaired) electrons. The summed E-state index contributed by atoms with van der Waals surface area (Å²) in [5.41, 5.74) is 0.595.